The number of nitrogens with zero attached hydrogens (tertiary/aromatic N) is 1. The largest absolute Gasteiger partial charge is 0.456 e. The molecule has 5 nitrogen and oxygen atoms in total. The number of hydrogen-bond acceptors (Lipinski definition) is 5. The third-order valence-electron chi connectivity index (χ3n) is 2.47. The minimum absolute atomic E-state index is 0.235. The van der Waals surface area contributed by atoms with Crippen LogP contribution in [0.25, 0.3) is 0 Å². The Labute approximate surface area is 128 Å². The summed E-state index contributed by atoms with van der Waals surface area (Å²) in [6.07, 6.45) is 1.04. The lowest BCUT2D eigenvalue weighted by molar-refractivity contribution is 0.481. The Morgan fingerprint density at radius 3 is 2.43 bits per heavy atom. The second-order valence-electron chi connectivity index (χ2n) is 4.29. The van der Waals surface area contributed by atoms with E-state index in [0.717, 1.165) is 11.2 Å². The molecule has 0 heterocycles. The first kappa shape index (κ1) is 15.2. The van der Waals surface area contributed by atoms with Crippen molar-refractivity contribution < 1.29 is 13.2 Å². The molecule has 0 amide bonds. The van der Waals surface area contributed by atoms with Crippen LogP contribution < -0.4 is 9.46 Å². The summed E-state index contributed by atoms with van der Waals surface area (Å²) in [6, 6.07) is 13.5. The topological polar surface area (TPSA) is 79.2 Å². The fourth-order valence-electron chi connectivity index (χ4n) is 1.63. The van der Waals surface area contributed by atoms with Crippen molar-refractivity contribution in [3.05, 3.63) is 48.0 Å². The molecule has 21 heavy (non-hydrogen) atoms. The summed E-state index contributed by atoms with van der Waals surface area (Å²) >= 11 is 4.18. The molecule has 0 saturated heterocycles. The fraction of sp³-hybridized carbons (Fsp3) is 0.0714. The van der Waals surface area contributed by atoms with Crippen molar-refractivity contribution in [1.82, 2.24) is 0 Å². The number of nitrogens with one attached hydrogen (secondary N) is 1. The lowest BCUT2D eigenvalue weighted by Crippen LogP contribution is -2.09. The number of thiol groups is 1. The number of sulfonamides is 1. The van der Waals surface area contributed by atoms with E-state index >= 15 is 0 Å². The number of anilines is 1. The average molecular weight is 320 g/mol. The van der Waals surface area contributed by atoms with E-state index in [4.69, 9.17) is 10.00 Å². The van der Waals surface area contributed by atoms with Crippen LogP contribution in [-0.2, 0) is 10.0 Å². The Bertz CT molecular complexity index is 794. The maximum Gasteiger partial charge on any atom is 0.229 e. The number of benzene rings is 2. The minimum atomic E-state index is -3.39. The van der Waals surface area contributed by atoms with Crippen LogP contribution >= 0.6 is 12.6 Å². The highest BCUT2D eigenvalue weighted by Gasteiger charge is 2.08. The normalized spacial score (nSPS) is 10.7. The Balaban J connectivity index is 2.28. The van der Waals surface area contributed by atoms with Crippen LogP contribution in [0.4, 0.5) is 5.69 Å². The molecular weight excluding hydrogens is 308 g/mol. The van der Waals surface area contributed by atoms with Crippen LogP contribution in [0, 0.1) is 11.3 Å². The molecule has 2 aromatic carbocycles. The predicted octanol–water partition coefficient (Wildman–Crippen LogP) is 3.01. The minimum Gasteiger partial charge on any atom is -0.456 e. The maximum atomic E-state index is 11.2. The van der Waals surface area contributed by atoms with Gasteiger partial charge in [-0.2, -0.15) is 5.26 Å². The van der Waals surface area contributed by atoms with E-state index < -0.39 is 10.0 Å². The number of rotatable bonds is 4. The first-order valence-corrected chi connectivity index (χ1v) is 8.20. The quantitative estimate of drug-likeness (QED) is 0.849. The zero-order valence-corrected chi connectivity index (χ0v) is 12.8. The molecule has 2 aromatic rings. The van der Waals surface area contributed by atoms with Gasteiger partial charge in [-0.1, -0.05) is 0 Å². The molecule has 0 unspecified atom stereocenters. The number of ether oxygens (including phenoxy) is 1. The summed E-state index contributed by atoms with van der Waals surface area (Å²) in [5.74, 6) is 0.914. The summed E-state index contributed by atoms with van der Waals surface area (Å²) in [6.45, 7) is 0. The molecule has 0 aromatic heterocycles. The van der Waals surface area contributed by atoms with Crippen LogP contribution in [0.3, 0.4) is 0 Å². The van der Waals surface area contributed by atoms with E-state index in [1.165, 1.54) is 12.1 Å². The van der Waals surface area contributed by atoms with Crippen molar-refractivity contribution in [2.24, 2.45) is 0 Å². The van der Waals surface area contributed by atoms with Crippen molar-refractivity contribution >= 4 is 28.3 Å². The van der Waals surface area contributed by atoms with Crippen molar-refractivity contribution in [2.45, 2.75) is 4.90 Å². The predicted molar refractivity (Wildman–Crippen MR) is 83.4 cm³/mol. The third kappa shape index (κ3) is 4.41. The van der Waals surface area contributed by atoms with Gasteiger partial charge in [-0.05, 0) is 42.5 Å². The molecule has 0 radical (unpaired) electrons. The average Bonchev–Trinajstić information content (AvgIpc) is 2.41. The van der Waals surface area contributed by atoms with Crippen LogP contribution in [0.2, 0.25) is 0 Å². The molecule has 0 fully saturated rings. The molecule has 0 aliphatic rings. The number of nitriles is 1. The van der Waals surface area contributed by atoms with Gasteiger partial charge in [0.05, 0.1) is 17.5 Å². The Hall–Kier alpha value is -2.17. The molecule has 2 rings (SSSR count). The smallest absolute Gasteiger partial charge is 0.229 e. The molecule has 0 spiro atoms. The Morgan fingerprint density at radius 2 is 1.86 bits per heavy atom. The second kappa shape index (κ2) is 6.08. The van der Waals surface area contributed by atoms with Gasteiger partial charge in [0.2, 0.25) is 10.0 Å². The third-order valence-corrected chi connectivity index (χ3v) is 3.37. The van der Waals surface area contributed by atoms with Gasteiger partial charge < -0.3 is 4.74 Å². The SMILES string of the molecule is CS(=O)(=O)Nc1ccc(Oc2ccc(S)cc2)c(C#N)c1. The zero-order chi connectivity index (χ0) is 15.5. The van der Waals surface area contributed by atoms with Gasteiger partial charge in [-0.3, -0.25) is 4.72 Å². The highest BCUT2D eigenvalue weighted by molar-refractivity contribution is 7.92. The molecule has 0 atom stereocenters. The monoisotopic (exact) mass is 320 g/mol. The van der Waals surface area contributed by atoms with Gasteiger partial charge >= 0.3 is 0 Å². The first-order chi connectivity index (χ1) is 9.87. The summed E-state index contributed by atoms with van der Waals surface area (Å²) in [5.41, 5.74) is 0.547. The van der Waals surface area contributed by atoms with Crippen LogP contribution in [0.15, 0.2) is 47.4 Å². The molecule has 0 saturated carbocycles. The Morgan fingerprint density at radius 1 is 1.19 bits per heavy atom. The summed E-state index contributed by atoms with van der Waals surface area (Å²) in [7, 11) is -3.39. The highest BCUT2D eigenvalue weighted by Crippen LogP contribution is 2.28. The molecule has 0 aliphatic heterocycles. The number of hydrogen-bond donors (Lipinski definition) is 2. The van der Waals surface area contributed by atoms with Gasteiger partial charge in [0.25, 0.3) is 0 Å². The molecular formula is C14H12N2O3S2. The summed E-state index contributed by atoms with van der Waals surface area (Å²) < 4.78 is 30.3. The van der Waals surface area contributed by atoms with E-state index in [9.17, 15) is 8.42 Å². The molecule has 0 aliphatic carbocycles. The molecule has 108 valence electrons. The summed E-state index contributed by atoms with van der Waals surface area (Å²) in [5, 5.41) is 9.14. The van der Waals surface area contributed by atoms with Crippen molar-refractivity contribution in [3.63, 3.8) is 0 Å². The van der Waals surface area contributed by atoms with Gasteiger partial charge in [-0.15, -0.1) is 12.6 Å². The van der Waals surface area contributed by atoms with Gasteiger partial charge in [0, 0.05) is 4.90 Å². The standard InChI is InChI=1S/C14H12N2O3S2/c1-21(17,18)16-11-2-7-14(10(8-11)9-15)19-12-3-5-13(20)6-4-12/h2-8,16,20H,1H3. The first-order valence-electron chi connectivity index (χ1n) is 5.86. The summed E-state index contributed by atoms with van der Waals surface area (Å²) in [4.78, 5) is 0.801. The van der Waals surface area contributed by atoms with Gasteiger partial charge in [0.15, 0.2) is 0 Å². The van der Waals surface area contributed by atoms with Gasteiger partial charge in [0.1, 0.15) is 17.6 Å². The Kier molecular flexibility index (Phi) is 4.40. The molecule has 0 bridgehead atoms. The van der Waals surface area contributed by atoms with E-state index in [-0.39, 0.29) is 5.56 Å². The molecule has 1 N–H and O–H groups in total. The van der Waals surface area contributed by atoms with E-state index in [0.29, 0.717) is 17.2 Å². The van der Waals surface area contributed by atoms with Crippen LogP contribution in [0.1, 0.15) is 5.56 Å². The molecule has 7 heteroatoms. The zero-order valence-electron chi connectivity index (χ0n) is 11.1. The lowest BCUT2D eigenvalue weighted by Gasteiger charge is -2.10. The second-order valence-corrected chi connectivity index (χ2v) is 6.56. The fourth-order valence-corrected chi connectivity index (χ4v) is 2.33. The lowest BCUT2D eigenvalue weighted by atomic mass is 10.2. The maximum absolute atomic E-state index is 11.2. The van der Waals surface area contributed by atoms with Crippen LogP contribution in [0.5, 0.6) is 11.5 Å². The van der Waals surface area contributed by atoms with Crippen molar-refractivity contribution in [3.8, 4) is 17.6 Å². The van der Waals surface area contributed by atoms with E-state index in [2.05, 4.69) is 17.4 Å². The van der Waals surface area contributed by atoms with Crippen molar-refractivity contribution in [2.75, 3.05) is 11.0 Å². The highest BCUT2D eigenvalue weighted by atomic mass is 32.2. The van der Waals surface area contributed by atoms with Gasteiger partial charge in [-0.25, -0.2) is 8.42 Å². The van der Waals surface area contributed by atoms with Crippen LogP contribution in [-0.4, -0.2) is 14.7 Å². The van der Waals surface area contributed by atoms with E-state index in [1.54, 1.807) is 30.3 Å². The van der Waals surface area contributed by atoms with E-state index in [1.807, 2.05) is 6.07 Å². The van der Waals surface area contributed by atoms with Crippen molar-refractivity contribution in [1.29, 1.82) is 5.26 Å².